The van der Waals surface area contributed by atoms with Crippen molar-refractivity contribution in [1.82, 2.24) is 8.61 Å². The second kappa shape index (κ2) is 9.25. The van der Waals surface area contributed by atoms with Gasteiger partial charge in [-0.25, -0.2) is 4.79 Å². The van der Waals surface area contributed by atoms with Crippen LogP contribution in [0.25, 0.3) is 0 Å². The lowest BCUT2D eigenvalue weighted by molar-refractivity contribution is 0.0389. The van der Waals surface area contributed by atoms with Crippen molar-refractivity contribution in [2.45, 2.75) is 26.4 Å². The smallest absolute Gasteiger partial charge is 0.425 e. The minimum Gasteiger partial charge on any atom is -0.443 e. The molecule has 0 aliphatic carbocycles. The molecular weight excluding hydrogens is 363 g/mol. The Morgan fingerprint density at radius 3 is 1.76 bits per heavy atom. The number of halogens is 3. The van der Waals surface area contributed by atoms with Gasteiger partial charge in [0.15, 0.2) is 0 Å². The molecule has 21 heavy (non-hydrogen) atoms. The summed E-state index contributed by atoms with van der Waals surface area (Å²) >= 11 is 16.8. The number of amides is 1. The molecule has 10 heteroatoms. The highest BCUT2D eigenvalue weighted by Gasteiger charge is 2.35. The van der Waals surface area contributed by atoms with Gasteiger partial charge < -0.3 is 4.74 Å². The molecule has 0 unspecified atom stereocenters. The molecule has 0 fully saturated rings. The number of nitrogens with zero attached hydrogens (tertiary/aromatic N) is 2. The van der Waals surface area contributed by atoms with Gasteiger partial charge in [0.05, 0.1) is 6.54 Å². The first-order valence-corrected chi connectivity index (χ1v) is 9.29. The lowest BCUT2D eigenvalue weighted by atomic mass is 10.2. The number of ether oxygens (including phenoxy) is 1. The quantitative estimate of drug-likeness (QED) is 0.604. The highest BCUT2D eigenvalue weighted by molar-refractivity contribution is 7.87. The fourth-order valence-corrected chi connectivity index (χ4v) is 3.71. The molecule has 0 aliphatic rings. The van der Waals surface area contributed by atoms with Crippen LogP contribution in [0.3, 0.4) is 0 Å². The van der Waals surface area contributed by atoms with Gasteiger partial charge in [-0.2, -0.15) is 17.0 Å². The van der Waals surface area contributed by atoms with Gasteiger partial charge in [-0.1, -0.05) is 0 Å². The van der Waals surface area contributed by atoms with E-state index < -0.39 is 21.9 Å². The van der Waals surface area contributed by atoms with Crippen LogP contribution in [0.5, 0.6) is 0 Å². The molecule has 0 rings (SSSR count). The molecule has 1 amide bonds. The van der Waals surface area contributed by atoms with Gasteiger partial charge in [-0.15, -0.1) is 34.8 Å². The molecule has 0 radical (unpaired) electrons. The number of alkyl halides is 3. The Kier molecular flexibility index (Phi) is 9.27. The lowest BCUT2D eigenvalue weighted by Gasteiger charge is -2.30. The minimum absolute atomic E-state index is 0.0399. The second-order valence-corrected chi connectivity index (χ2v) is 8.01. The zero-order chi connectivity index (χ0) is 16.7. The number of carbonyl (C=O) groups excluding carboxylic acids is 1. The molecule has 0 atom stereocenters. The molecule has 0 aromatic carbocycles. The first kappa shape index (κ1) is 21.0. The zero-order valence-corrected chi connectivity index (χ0v) is 15.4. The van der Waals surface area contributed by atoms with E-state index in [0.717, 1.165) is 4.31 Å². The van der Waals surface area contributed by atoms with Gasteiger partial charge in [-0.3, -0.25) is 0 Å². The van der Waals surface area contributed by atoms with E-state index in [1.54, 1.807) is 20.8 Å². The summed E-state index contributed by atoms with van der Waals surface area (Å²) in [7, 11) is -4.08. The molecule has 0 bridgehead atoms. The Labute approximate surface area is 141 Å². The van der Waals surface area contributed by atoms with E-state index in [-0.39, 0.29) is 37.3 Å². The standard InChI is InChI=1S/C11H21Cl3N2O4S/c1-11(2,3)20-10(17)16(9-6-14)21(18,19)15(7-4-12)8-5-13/h4-9H2,1-3H3. The molecule has 0 aromatic heterocycles. The van der Waals surface area contributed by atoms with Gasteiger partial charge in [0, 0.05) is 30.7 Å². The minimum atomic E-state index is -4.08. The van der Waals surface area contributed by atoms with E-state index in [1.165, 1.54) is 0 Å². The topological polar surface area (TPSA) is 66.9 Å². The van der Waals surface area contributed by atoms with Crippen molar-refractivity contribution in [2.75, 3.05) is 37.3 Å². The predicted molar refractivity (Wildman–Crippen MR) is 85.6 cm³/mol. The summed E-state index contributed by atoms with van der Waals surface area (Å²) in [6.45, 7) is 4.82. The van der Waals surface area contributed by atoms with Crippen LogP contribution < -0.4 is 0 Å². The van der Waals surface area contributed by atoms with E-state index in [4.69, 9.17) is 39.5 Å². The highest BCUT2D eigenvalue weighted by Crippen LogP contribution is 2.16. The largest absolute Gasteiger partial charge is 0.443 e. The van der Waals surface area contributed by atoms with E-state index in [0.29, 0.717) is 4.31 Å². The maximum Gasteiger partial charge on any atom is 0.425 e. The maximum absolute atomic E-state index is 12.5. The summed E-state index contributed by atoms with van der Waals surface area (Å²) in [6.07, 6.45) is -0.975. The number of hydrogen-bond acceptors (Lipinski definition) is 4. The second-order valence-electron chi connectivity index (χ2n) is 5.03. The SMILES string of the molecule is CC(C)(C)OC(=O)N(CCCl)S(=O)(=O)N(CCCl)CCCl. The van der Waals surface area contributed by atoms with Crippen LogP contribution in [0.1, 0.15) is 20.8 Å². The van der Waals surface area contributed by atoms with Crippen LogP contribution in [0.4, 0.5) is 4.79 Å². The summed E-state index contributed by atoms with van der Waals surface area (Å²) in [4.78, 5) is 12.1. The van der Waals surface area contributed by atoms with E-state index in [1.807, 2.05) is 0 Å². The molecule has 6 nitrogen and oxygen atoms in total. The molecule has 0 spiro atoms. The van der Waals surface area contributed by atoms with Crippen LogP contribution in [-0.2, 0) is 14.9 Å². The first-order chi connectivity index (χ1) is 9.60. The fourth-order valence-electron chi connectivity index (χ4n) is 1.36. The summed E-state index contributed by atoms with van der Waals surface area (Å²) < 4.78 is 31.7. The monoisotopic (exact) mass is 382 g/mol. The summed E-state index contributed by atoms with van der Waals surface area (Å²) in [5.41, 5.74) is -0.818. The van der Waals surface area contributed by atoms with Crippen molar-refractivity contribution in [3.05, 3.63) is 0 Å². The Balaban J connectivity index is 5.35. The number of carbonyl (C=O) groups is 1. The van der Waals surface area contributed by atoms with Crippen molar-refractivity contribution >= 4 is 51.1 Å². The molecule has 126 valence electrons. The zero-order valence-electron chi connectivity index (χ0n) is 12.3. The average Bonchev–Trinajstić information content (AvgIpc) is 2.33. The fraction of sp³-hybridized carbons (Fsp3) is 0.909. The molecule has 0 saturated heterocycles. The summed E-state index contributed by atoms with van der Waals surface area (Å²) in [5, 5.41) is 0. The van der Waals surface area contributed by atoms with Crippen LogP contribution >= 0.6 is 34.8 Å². The van der Waals surface area contributed by atoms with Crippen molar-refractivity contribution in [2.24, 2.45) is 0 Å². The Morgan fingerprint density at radius 2 is 1.43 bits per heavy atom. The number of rotatable bonds is 8. The average molecular weight is 384 g/mol. The van der Waals surface area contributed by atoms with Gasteiger partial charge in [-0.05, 0) is 20.8 Å². The Morgan fingerprint density at radius 1 is 1.00 bits per heavy atom. The summed E-state index contributed by atoms with van der Waals surface area (Å²) in [6, 6.07) is 0. The third-order valence-electron chi connectivity index (χ3n) is 2.16. The van der Waals surface area contributed by atoms with Crippen molar-refractivity contribution in [3.8, 4) is 0 Å². The van der Waals surface area contributed by atoms with E-state index in [2.05, 4.69) is 0 Å². The molecule has 0 saturated carbocycles. The molecule has 0 N–H and O–H groups in total. The van der Waals surface area contributed by atoms with Gasteiger partial charge in [0.25, 0.3) is 0 Å². The third-order valence-corrected chi connectivity index (χ3v) is 4.57. The molecular formula is C11H21Cl3N2O4S. The predicted octanol–water partition coefficient (Wildman–Crippen LogP) is 2.49. The molecule has 0 aromatic rings. The van der Waals surface area contributed by atoms with E-state index >= 15 is 0 Å². The van der Waals surface area contributed by atoms with Crippen LogP contribution in [0, 0.1) is 0 Å². The summed E-state index contributed by atoms with van der Waals surface area (Å²) in [5.74, 6) is 0.117. The van der Waals surface area contributed by atoms with Crippen LogP contribution in [-0.4, -0.2) is 66.0 Å². The van der Waals surface area contributed by atoms with Crippen molar-refractivity contribution in [3.63, 3.8) is 0 Å². The van der Waals surface area contributed by atoms with Crippen LogP contribution in [0.15, 0.2) is 0 Å². The Hall–Kier alpha value is 0.0500. The highest BCUT2D eigenvalue weighted by atomic mass is 35.5. The van der Waals surface area contributed by atoms with Gasteiger partial charge in [0.2, 0.25) is 0 Å². The lowest BCUT2D eigenvalue weighted by Crippen LogP contribution is -2.50. The van der Waals surface area contributed by atoms with E-state index in [9.17, 15) is 13.2 Å². The number of hydrogen-bond donors (Lipinski definition) is 0. The molecule has 0 heterocycles. The maximum atomic E-state index is 12.5. The van der Waals surface area contributed by atoms with Gasteiger partial charge >= 0.3 is 16.3 Å². The van der Waals surface area contributed by atoms with Gasteiger partial charge in [0.1, 0.15) is 5.60 Å². The third kappa shape index (κ3) is 7.23. The first-order valence-electron chi connectivity index (χ1n) is 6.28. The Bertz CT molecular complexity index is 420. The normalized spacial score (nSPS) is 12.5. The van der Waals surface area contributed by atoms with Crippen LogP contribution in [0.2, 0.25) is 0 Å². The van der Waals surface area contributed by atoms with Crippen molar-refractivity contribution < 1.29 is 17.9 Å². The molecule has 0 aliphatic heterocycles. The van der Waals surface area contributed by atoms with Crippen molar-refractivity contribution in [1.29, 1.82) is 0 Å².